The van der Waals surface area contributed by atoms with Gasteiger partial charge < -0.3 is 16.6 Å². The van der Waals surface area contributed by atoms with Crippen molar-refractivity contribution in [2.45, 2.75) is 31.5 Å². The summed E-state index contributed by atoms with van der Waals surface area (Å²) in [6.45, 7) is 1.49. The van der Waals surface area contributed by atoms with Crippen molar-refractivity contribution in [3.05, 3.63) is 48.0 Å². The van der Waals surface area contributed by atoms with Crippen molar-refractivity contribution in [1.82, 2.24) is 0 Å². The van der Waals surface area contributed by atoms with E-state index in [1.165, 1.54) is 6.92 Å². The molecule has 0 aliphatic rings. The lowest BCUT2D eigenvalue weighted by Crippen LogP contribution is -2.49. The van der Waals surface area contributed by atoms with Gasteiger partial charge in [0, 0.05) is 0 Å². The molecule has 0 fully saturated rings. The summed E-state index contributed by atoms with van der Waals surface area (Å²) in [6, 6.07) is 12.4. The molecule has 106 valence electrons. The lowest BCUT2D eigenvalue weighted by molar-refractivity contribution is -0.123. The molecule has 0 amide bonds. The highest BCUT2D eigenvalue weighted by Crippen LogP contribution is 2.16. The fourth-order valence-corrected chi connectivity index (χ4v) is 2.21. The number of benzene rings is 2. The summed E-state index contributed by atoms with van der Waals surface area (Å²) in [5, 5.41) is 11.6. The molecule has 4 heteroatoms. The molecule has 0 heterocycles. The number of fused-ring (bicyclic) bond motifs is 1. The number of nitrogens with two attached hydrogens (primary N) is 2. The molecule has 0 saturated carbocycles. The molecule has 2 aromatic rings. The minimum absolute atomic E-state index is 0.312. The highest BCUT2D eigenvalue weighted by atomic mass is 16.3. The van der Waals surface area contributed by atoms with E-state index in [1.54, 1.807) is 0 Å². The van der Waals surface area contributed by atoms with E-state index in [0.717, 1.165) is 16.3 Å². The van der Waals surface area contributed by atoms with E-state index in [-0.39, 0.29) is 5.78 Å². The van der Waals surface area contributed by atoms with Crippen LogP contribution in [0.2, 0.25) is 0 Å². The van der Waals surface area contributed by atoms with Crippen molar-refractivity contribution in [1.29, 1.82) is 0 Å². The van der Waals surface area contributed by atoms with Crippen LogP contribution < -0.4 is 11.5 Å². The monoisotopic (exact) mass is 272 g/mol. The largest absolute Gasteiger partial charge is 0.391 e. The average Bonchev–Trinajstić information content (AvgIpc) is 2.45. The van der Waals surface area contributed by atoms with Crippen LogP contribution in [0.4, 0.5) is 0 Å². The SMILES string of the molecule is CC(O)C(N)C(=O)[C@@H](N)Cc1ccc2ccccc2c1. The van der Waals surface area contributed by atoms with Crippen LogP contribution in [-0.2, 0) is 11.2 Å². The molecular formula is C16H20N2O2. The maximum absolute atomic E-state index is 11.9. The minimum Gasteiger partial charge on any atom is -0.391 e. The molecular weight excluding hydrogens is 252 g/mol. The Morgan fingerprint density at radius 1 is 1.15 bits per heavy atom. The second kappa shape index (κ2) is 6.13. The number of Topliss-reactive ketones (excluding diaryl/α,β-unsaturated/α-hetero) is 1. The Hall–Kier alpha value is -1.75. The topological polar surface area (TPSA) is 89.3 Å². The minimum atomic E-state index is -0.926. The van der Waals surface area contributed by atoms with Crippen molar-refractivity contribution in [3.8, 4) is 0 Å². The van der Waals surface area contributed by atoms with Gasteiger partial charge in [-0.15, -0.1) is 0 Å². The molecule has 0 radical (unpaired) electrons. The van der Waals surface area contributed by atoms with Gasteiger partial charge in [0.25, 0.3) is 0 Å². The molecule has 0 bridgehead atoms. The van der Waals surface area contributed by atoms with E-state index < -0.39 is 18.2 Å². The molecule has 0 aromatic heterocycles. The number of carbonyl (C=O) groups is 1. The zero-order valence-corrected chi connectivity index (χ0v) is 11.5. The van der Waals surface area contributed by atoms with E-state index in [2.05, 4.69) is 0 Å². The third-order valence-corrected chi connectivity index (χ3v) is 3.48. The zero-order chi connectivity index (χ0) is 14.7. The van der Waals surface area contributed by atoms with Crippen molar-refractivity contribution in [3.63, 3.8) is 0 Å². The van der Waals surface area contributed by atoms with Crippen molar-refractivity contribution < 1.29 is 9.90 Å². The van der Waals surface area contributed by atoms with Gasteiger partial charge in [-0.2, -0.15) is 0 Å². The zero-order valence-electron chi connectivity index (χ0n) is 11.5. The first kappa shape index (κ1) is 14.7. The summed E-state index contributed by atoms with van der Waals surface area (Å²) in [7, 11) is 0. The van der Waals surface area contributed by atoms with Crippen LogP contribution in [0.15, 0.2) is 42.5 Å². The molecule has 0 saturated heterocycles. The number of rotatable bonds is 5. The fraction of sp³-hybridized carbons (Fsp3) is 0.312. The second-order valence-electron chi connectivity index (χ2n) is 5.16. The Balaban J connectivity index is 2.13. The van der Waals surface area contributed by atoms with Gasteiger partial charge in [0.15, 0.2) is 5.78 Å². The lowest BCUT2D eigenvalue weighted by Gasteiger charge is -2.18. The molecule has 2 rings (SSSR count). The van der Waals surface area contributed by atoms with E-state index >= 15 is 0 Å². The normalized spacial score (nSPS) is 15.8. The average molecular weight is 272 g/mol. The third-order valence-electron chi connectivity index (χ3n) is 3.48. The van der Waals surface area contributed by atoms with E-state index in [4.69, 9.17) is 11.5 Å². The predicted molar refractivity (Wildman–Crippen MR) is 80.3 cm³/mol. The number of hydrogen-bond acceptors (Lipinski definition) is 4. The van der Waals surface area contributed by atoms with Crippen LogP contribution >= 0.6 is 0 Å². The third kappa shape index (κ3) is 3.22. The predicted octanol–water partition coefficient (Wildman–Crippen LogP) is 0.987. The number of ketones is 1. The van der Waals surface area contributed by atoms with Gasteiger partial charge in [0.05, 0.1) is 18.2 Å². The van der Waals surface area contributed by atoms with Gasteiger partial charge in [-0.1, -0.05) is 42.5 Å². The quantitative estimate of drug-likeness (QED) is 0.757. The van der Waals surface area contributed by atoms with Crippen LogP contribution in [0, 0.1) is 0 Å². The molecule has 4 nitrogen and oxygen atoms in total. The molecule has 2 unspecified atom stereocenters. The van der Waals surface area contributed by atoms with Crippen LogP contribution in [-0.4, -0.2) is 29.1 Å². The van der Waals surface area contributed by atoms with Gasteiger partial charge in [0.2, 0.25) is 0 Å². The van der Waals surface area contributed by atoms with Gasteiger partial charge in [0.1, 0.15) is 0 Å². The summed E-state index contributed by atoms with van der Waals surface area (Å²) >= 11 is 0. The van der Waals surface area contributed by atoms with Gasteiger partial charge in [-0.25, -0.2) is 0 Å². The van der Waals surface area contributed by atoms with Gasteiger partial charge in [-0.05, 0) is 29.7 Å². The van der Waals surface area contributed by atoms with Crippen molar-refractivity contribution >= 4 is 16.6 Å². The highest BCUT2D eigenvalue weighted by molar-refractivity contribution is 5.89. The molecule has 5 N–H and O–H groups in total. The summed E-state index contributed by atoms with van der Waals surface area (Å²) in [4.78, 5) is 11.9. The standard InChI is InChI=1S/C16H20N2O2/c1-10(19)15(18)16(20)14(17)9-11-6-7-12-4-2-3-5-13(12)8-11/h2-8,10,14-15,19H,9,17-18H2,1H3/t10?,14-,15?/m0/s1. The summed E-state index contributed by atoms with van der Waals surface area (Å²) in [5.41, 5.74) is 12.5. The number of carbonyl (C=O) groups excluding carboxylic acids is 1. The van der Waals surface area contributed by atoms with Crippen LogP contribution in [0.5, 0.6) is 0 Å². The molecule has 20 heavy (non-hydrogen) atoms. The molecule has 0 aliphatic carbocycles. The fourth-order valence-electron chi connectivity index (χ4n) is 2.21. The van der Waals surface area contributed by atoms with Gasteiger partial charge >= 0.3 is 0 Å². The summed E-state index contributed by atoms with van der Waals surface area (Å²) in [6.07, 6.45) is -0.463. The first-order chi connectivity index (χ1) is 9.49. The Bertz CT molecular complexity index is 610. The first-order valence-corrected chi connectivity index (χ1v) is 6.69. The van der Waals surface area contributed by atoms with Gasteiger partial charge in [-0.3, -0.25) is 4.79 Å². The molecule has 0 spiro atoms. The maximum atomic E-state index is 11.9. The van der Waals surface area contributed by atoms with Crippen molar-refractivity contribution in [2.24, 2.45) is 11.5 Å². The van der Waals surface area contributed by atoms with Crippen molar-refractivity contribution in [2.75, 3.05) is 0 Å². The number of aliphatic hydroxyl groups excluding tert-OH is 1. The smallest absolute Gasteiger partial charge is 0.169 e. The van der Waals surface area contributed by atoms with Crippen LogP contribution in [0.3, 0.4) is 0 Å². The second-order valence-corrected chi connectivity index (χ2v) is 5.16. The number of hydrogen-bond donors (Lipinski definition) is 3. The Kier molecular flexibility index (Phi) is 4.49. The summed E-state index contributed by atoms with van der Waals surface area (Å²) in [5.74, 6) is -0.312. The lowest BCUT2D eigenvalue weighted by atomic mass is 9.95. The molecule has 2 aromatic carbocycles. The van der Waals surface area contributed by atoms with Crippen LogP contribution in [0.1, 0.15) is 12.5 Å². The van der Waals surface area contributed by atoms with E-state index in [0.29, 0.717) is 6.42 Å². The first-order valence-electron chi connectivity index (χ1n) is 6.69. The maximum Gasteiger partial charge on any atom is 0.169 e. The highest BCUT2D eigenvalue weighted by Gasteiger charge is 2.24. The van der Waals surface area contributed by atoms with Crippen LogP contribution in [0.25, 0.3) is 10.8 Å². The number of aliphatic hydroxyl groups is 1. The van der Waals surface area contributed by atoms with E-state index in [9.17, 15) is 9.90 Å². The van der Waals surface area contributed by atoms with E-state index in [1.807, 2.05) is 42.5 Å². The molecule has 3 atom stereocenters. The molecule has 0 aliphatic heterocycles. The summed E-state index contributed by atoms with van der Waals surface area (Å²) < 4.78 is 0. The Morgan fingerprint density at radius 2 is 1.80 bits per heavy atom. The Labute approximate surface area is 118 Å². The Morgan fingerprint density at radius 3 is 2.45 bits per heavy atom.